The van der Waals surface area contributed by atoms with Crippen molar-refractivity contribution in [3.05, 3.63) is 65.6 Å². The summed E-state index contributed by atoms with van der Waals surface area (Å²) in [6.07, 6.45) is 0. The van der Waals surface area contributed by atoms with Crippen molar-refractivity contribution in [2.45, 2.75) is 6.54 Å². The average molecular weight is 311 g/mol. The number of halogens is 1. The quantitative estimate of drug-likeness (QED) is 0.776. The molecule has 0 spiro atoms. The van der Waals surface area contributed by atoms with Gasteiger partial charge in [0.25, 0.3) is 5.91 Å². The van der Waals surface area contributed by atoms with Crippen LogP contribution in [0.4, 0.5) is 10.1 Å². The predicted molar refractivity (Wildman–Crippen MR) is 90.2 cm³/mol. The Morgan fingerprint density at radius 1 is 1.13 bits per heavy atom. The van der Waals surface area contributed by atoms with Gasteiger partial charge in [-0.3, -0.25) is 4.79 Å². The van der Waals surface area contributed by atoms with Gasteiger partial charge in [-0.2, -0.15) is 0 Å². The van der Waals surface area contributed by atoms with Gasteiger partial charge in [-0.05, 0) is 42.0 Å². The van der Waals surface area contributed by atoms with Crippen LogP contribution < -0.4 is 10.2 Å². The number of anilines is 1. The van der Waals surface area contributed by atoms with E-state index in [4.69, 9.17) is 0 Å². The molecular weight excluding hydrogens is 293 g/mol. The number of aromatic nitrogens is 1. The molecule has 0 fully saturated rings. The molecule has 1 amide bonds. The third-order valence-electron chi connectivity index (χ3n) is 3.73. The van der Waals surface area contributed by atoms with E-state index in [-0.39, 0.29) is 11.7 Å². The molecule has 0 aliphatic heterocycles. The monoisotopic (exact) mass is 311 g/mol. The summed E-state index contributed by atoms with van der Waals surface area (Å²) >= 11 is 0. The number of hydrogen-bond acceptors (Lipinski definition) is 2. The Morgan fingerprint density at radius 2 is 1.87 bits per heavy atom. The molecule has 3 aromatic rings. The molecule has 0 saturated heterocycles. The Kier molecular flexibility index (Phi) is 4.02. The zero-order valence-electron chi connectivity index (χ0n) is 13.1. The van der Waals surface area contributed by atoms with E-state index in [1.165, 1.54) is 12.1 Å². The van der Waals surface area contributed by atoms with Gasteiger partial charge in [-0.25, -0.2) is 4.39 Å². The van der Waals surface area contributed by atoms with Crippen molar-refractivity contribution in [2.75, 3.05) is 19.0 Å². The summed E-state index contributed by atoms with van der Waals surface area (Å²) in [5, 5.41) is 3.55. The van der Waals surface area contributed by atoms with E-state index in [0.29, 0.717) is 17.6 Å². The molecule has 0 radical (unpaired) electrons. The first-order valence-electron chi connectivity index (χ1n) is 7.35. The number of hydrogen-bond donors (Lipinski definition) is 2. The van der Waals surface area contributed by atoms with E-state index in [0.717, 1.165) is 16.8 Å². The molecule has 4 nitrogen and oxygen atoms in total. The van der Waals surface area contributed by atoms with Gasteiger partial charge in [-0.15, -0.1) is 0 Å². The van der Waals surface area contributed by atoms with Crippen molar-refractivity contribution in [3.63, 3.8) is 0 Å². The maximum atomic E-state index is 13.2. The average Bonchev–Trinajstić information content (AvgIpc) is 2.96. The van der Waals surface area contributed by atoms with Crippen molar-refractivity contribution in [2.24, 2.45) is 0 Å². The molecule has 0 atom stereocenters. The second-order valence-corrected chi connectivity index (χ2v) is 5.66. The van der Waals surface area contributed by atoms with Crippen LogP contribution in [0.2, 0.25) is 0 Å². The predicted octanol–water partition coefficient (Wildman–Crippen LogP) is 3.30. The van der Waals surface area contributed by atoms with E-state index in [9.17, 15) is 9.18 Å². The lowest BCUT2D eigenvalue weighted by Gasteiger charge is -2.12. The first-order valence-corrected chi connectivity index (χ1v) is 7.35. The molecule has 2 N–H and O–H groups in total. The van der Waals surface area contributed by atoms with Crippen LogP contribution in [0.3, 0.4) is 0 Å². The molecule has 5 heteroatoms. The zero-order chi connectivity index (χ0) is 16.4. The Hall–Kier alpha value is -2.82. The first kappa shape index (κ1) is 15.1. The van der Waals surface area contributed by atoms with Gasteiger partial charge in [0, 0.05) is 37.2 Å². The highest BCUT2D eigenvalue weighted by Crippen LogP contribution is 2.17. The molecule has 0 aliphatic carbocycles. The summed E-state index contributed by atoms with van der Waals surface area (Å²) in [6.45, 7) is 0.441. The molecule has 1 aromatic heterocycles. The fourth-order valence-corrected chi connectivity index (χ4v) is 2.42. The number of carbonyl (C=O) groups is 1. The lowest BCUT2D eigenvalue weighted by molar-refractivity contribution is 0.0947. The van der Waals surface area contributed by atoms with Gasteiger partial charge in [0.05, 0.1) is 0 Å². The minimum absolute atomic E-state index is 0.210. The summed E-state index contributed by atoms with van der Waals surface area (Å²) in [7, 11) is 3.96. The third-order valence-corrected chi connectivity index (χ3v) is 3.73. The zero-order valence-corrected chi connectivity index (χ0v) is 13.1. The minimum Gasteiger partial charge on any atom is -0.378 e. The Bertz CT molecular complexity index is 837. The molecule has 23 heavy (non-hydrogen) atoms. The SMILES string of the molecule is CN(C)c1ccc(CNC(=O)c2cc3cc(F)ccc3[nH]2)cc1. The first-order chi connectivity index (χ1) is 11.0. The van der Waals surface area contributed by atoms with Gasteiger partial charge in [0.2, 0.25) is 0 Å². The standard InChI is InChI=1S/C18H18FN3O/c1-22(2)15-6-3-12(4-7-15)11-20-18(23)17-10-13-9-14(19)5-8-16(13)21-17/h3-10,21H,11H2,1-2H3,(H,20,23). The molecular formula is C18H18FN3O. The summed E-state index contributed by atoms with van der Waals surface area (Å²) < 4.78 is 13.2. The summed E-state index contributed by atoms with van der Waals surface area (Å²) in [5.74, 6) is -0.525. The number of aromatic amines is 1. The maximum absolute atomic E-state index is 13.2. The highest BCUT2D eigenvalue weighted by Gasteiger charge is 2.09. The number of H-pyrrole nitrogens is 1. The number of fused-ring (bicyclic) bond motifs is 1. The highest BCUT2D eigenvalue weighted by atomic mass is 19.1. The molecule has 1 heterocycles. The van der Waals surface area contributed by atoms with Crippen molar-refractivity contribution >= 4 is 22.5 Å². The van der Waals surface area contributed by atoms with Gasteiger partial charge in [0.1, 0.15) is 11.5 Å². The molecule has 2 aromatic carbocycles. The Balaban J connectivity index is 1.68. The molecule has 0 unspecified atom stereocenters. The van der Waals surface area contributed by atoms with E-state index in [1.54, 1.807) is 12.1 Å². The minimum atomic E-state index is -0.315. The van der Waals surface area contributed by atoms with Crippen molar-refractivity contribution in [1.82, 2.24) is 10.3 Å². The number of amides is 1. The number of rotatable bonds is 4. The van der Waals surface area contributed by atoms with Gasteiger partial charge in [-0.1, -0.05) is 12.1 Å². The Morgan fingerprint density at radius 3 is 2.57 bits per heavy atom. The summed E-state index contributed by atoms with van der Waals surface area (Å²) in [6, 6.07) is 14.0. The summed E-state index contributed by atoms with van der Waals surface area (Å²) in [5.41, 5.74) is 3.30. The number of carbonyl (C=O) groups excluding carboxylic acids is 1. The van der Waals surface area contributed by atoms with E-state index >= 15 is 0 Å². The lowest BCUT2D eigenvalue weighted by atomic mass is 10.2. The topological polar surface area (TPSA) is 48.1 Å². The van der Waals surface area contributed by atoms with Crippen molar-refractivity contribution < 1.29 is 9.18 Å². The van der Waals surface area contributed by atoms with Crippen LogP contribution in [-0.4, -0.2) is 25.0 Å². The van der Waals surface area contributed by atoms with Crippen LogP contribution in [0.15, 0.2) is 48.5 Å². The molecule has 0 aliphatic rings. The van der Waals surface area contributed by atoms with E-state index in [2.05, 4.69) is 10.3 Å². The van der Waals surface area contributed by atoms with Crippen molar-refractivity contribution in [3.8, 4) is 0 Å². The number of nitrogens with zero attached hydrogens (tertiary/aromatic N) is 1. The molecule has 3 rings (SSSR count). The van der Waals surface area contributed by atoms with Crippen LogP contribution in [0.25, 0.3) is 10.9 Å². The second-order valence-electron chi connectivity index (χ2n) is 5.66. The largest absolute Gasteiger partial charge is 0.378 e. The van der Waals surface area contributed by atoms with Crippen LogP contribution in [0.1, 0.15) is 16.1 Å². The Labute approximate surface area is 133 Å². The third kappa shape index (κ3) is 3.34. The van der Waals surface area contributed by atoms with Gasteiger partial charge < -0.3 is 15.2 Å². The fourth-order valence-electron chi connectivity index (χ4n) is 2.42. The lowest BCUT2D eigenvalue weighted by Crippen LogP contribution is -2.23. The van der Waals surface area contributed by atoms with Gasteiger partial charge >= 0.3 is 0 Å². The molecule has 0 bridgehead atoms. The number of benzene rings is 2. The van der Waals surface area contributed by atoms with E-state index in [1.807, 2.05) is 43.3 Å². The normalized spacial score (nSPS) is 10.7. The van der Waals surface area contributed by atoms with E-state index < -0.39 is 0 Å². The maximum Gasteiger partial charge on any atom is 0.267 e. The highest BCUT2D eigenvalue weighted by molar-refractivity contribution is 5.97. The van der Waals surface area contributed by atoms with Crippen LogP contribution in [0, 0.1) is 5.82 Å². The fraction of sp³-hybridized carbons (Fsp3) is 0.167. The van der Waals surface area contributed by atoms with Crippen LogP contribution in [0.5, 0.6) is 0 Å². The van der Waals surface area contributed by atoms with Gasteiger partial charge in [0.15, 0.2) is 0 Å². The summed E-state index contributed by atoms with van der Waals surface area (Å²) in [4.78, 5) is 17.2. The second kappa shape index (κ2) is 6.12. The van der Waals surface area contributed by atoms with Crippen molar-refractivity contribution in [1.29, 1.82) is 0 Å². The molecule has 118 valence electrons. The van der Waals surface area contributed by atoms with Crippen LogP contribution >= 0.6 is 0 Å². The van der Waals surface area contributed by atoms with Crippen LogP contribution in [-0.2, 0) is 6.54 Å². The smallest absolute Gasteiger partial charge is 0.267 e. The number of nitrogens with one attached hydrogen (secondary N) is 2. The molecule has 0 saturated carbocycles.